The summed E-state index contributed by atoms with van der Waals surface area (Å²) in [7, 11) is 1.05. The summed E-state index contributed by atoms with van der Waals surface area (Å²) in [6.45, 7) is -10.4. The van der Waals surface area contributed by atoms with Crippen molar-refractivity contribution < 1.29 is 50.4 Å². The molecule has 1 heterocycles. The van der Waals surface area contributed by atoms with Crippen molar-refractivity contribution in [2.75, 3.05) is 13.7 Å². The lowest BCUT2D eigenvalue weighted by Crippen LogP contribution is -2.57. The van der Waals surface area contributed by atoms with Gasteiger partial charge in [-0.25, -0.2) is 0 Å². The highest BCUT2D eigenvalue weighted by atomic mass is 16.7. The van der Waals surface area contributed by atoms with E-state index >= 15 is 0 Å². The maximum absolute atomic E-state index is 11.8. The van der Waals surface area contributed by atoms with Crippen molar-refractivity contribution in [1.29, 1.82) is 0 Å². The van der Waals surface area contributed by atoms with Crippen molar-refractivity contribution in [3.8, 4) is 0 Å². The van der Waals surface area contributed by atoms with Gasteiger partial charge in [-0.1, -0.05) is 0 Å². The summed E-state index contributed by atoms with van der Waals surface area (Å²) in [6, 6.07) is 0. The average molecular weight is 299 g/mol. The Balaban J connectivity index is 3.25. The Kier molecular flexibility index (Phi) is 2.65. The Morgan fingerprint density at radius 1 is 1.00 bits per heavy atom. The van der Waals surface area contributed by atoms with Crippen molar-refractivity contribution in [1.82, 2.24) is 0 Å². The molecule has 114 valence electrons. The zero-order valence-corrected chi connectivity index (χ0v) is 10.3. The molecule has 1 saturated heterocycles. The fraction of sp³-hybridized carbons (Fsp3) is 0.750. The smallest absolute Gasteiger partial charge is 0.303 e. The van der Waals surface area contributed by atoms with Gasteiger partial charge in [-0.15, -0.1) is 0 Å². The van der Waals surface area contributed by atoms with E-state index < -0.39 is 69.7 Å². The van der Waals surface area contributed by atoms with E-state index in [1.54, 1.807) is 0 Å². The van der Waals surface area contributed by atoms with Crippen LogP contribution in [0.15, 0.2) is 0 Å². The van der Waals surface area contributed by atoms with Gasteiger partial charge < -0.3 is 23.7 Å². The maximum atomic E-state index is 11.8. The van der Waals surface area contributed by atoms with Crippen molar-refractivity contribution >= 4 is 17.9 Å². The third kappa shape index (κ3) is 4.46. The molecule has 1 unspecified atom stereocenters. The van der Waals surface area contributed by atoms with E-state index in [1.807, 2.05) is 0 Å². The lowest BCUT2D eigenvalue weighted by atomic mass is 10.0. The zero-order chi connectivity index (χ0) is 22.8. The summed E-state index contributed by atoms with van der Waals surface area (Å²) < 4.78 is 87.6. The molecule has 0 aliphatic carbocycles. The number of ether oxygens (including phenoxy) is 5. The Hall–Kier alpha value is -1.67. The highest BCUT2D eigenvalue weighted by Crippen LogP contribution is 2.24. The first-order chi connectivity index (χ1) is 13.0. The third-order valence-corrected chi connectivity index (χ3v) is 2.36. The Morgan fingerprint density at radius 2 is 1.55 bits per heavy atom. The van der Waals surface area contributed by atoms with E-state index in [2.05, 4.69) is 0 Å². The molecule has 0 spiro atoms. The van der Waals surface area contributed by atoms with Gasteiger partial charge >= 0.3 is 17.9 Å². The van der Waals surface area contributed by atoms with Crippen LogP contribution in [0.3, 0.4) is 0 Å². The predicted molar refractivity (Wildman–Crippen MR) is 63.4 cm³/mol. The molecule has 0 aromatic rings. The van der Waals surface area contributed by atoms with Crippen LogP contribution in [-0.2, 0) is 38.1 Å². The summed E-state index contributed by atoms with van der Waals surface area (Å²) in [4.78, 5) is 35.3. The molecule has 0 N–H and O–H groups in total. The van der Waals surface area contributed by atoms with Crippen LogP contribution in [0.1, 0.15) is 32.9 Å². The van der Waals surface area contributed by atoms with Crippen LogP contribution in [-0.4, -0.2) is 56.2 Å². The Morgan fingerprint density at radius 3 is 2.10 bits per heavy atom. The Labute approximate surface area is 128 Å². The lowest BCUT2D eigenvalue weighted by Gasteiger charge is -2.39. The molecule has 1 aliphatic heterocycles. The van der Waals surface area contributed by atoms with Crippen LogP contribution in [0.5, 0.6) is 0 Å². The van der Waals surface area contributed by atoms with Gasteiger partial charge in [-0.05, 0) is 0 Å². The second kappa shape index (κ2) is 7.20. The molecule has 8 nitrogen and oxygen atoms in total. The summed E-state index contributed by atoms with van der Waals surface area (Å²) in [5.41, 5.74) is 0. The minimum atomic E-state index is -3.28. The second-order valence-electron chi connectivity index (χ2n) is 3.62. The minimum Gasteiger partial charge on any atom is -0.456 e. The van der Waals surface area contributed by atoms with Crippen LogP contribution in [0.4, 0.5) is 0 Å². The molecule has 1 fully saturated rings. The lowest BCUT2D eigenvalue weighted by molar-refractivity contribution is -0.274. The van der Waals surface area contributed by atoms with Crippen LogP contribution in [0.25, 0.3) is 0 Å². The maximum Gasteiger partial charge on any atom is 0.303 e. The quantitative estimate of drug-likeness (QED) is 0.519. The number of rotatable bonds is 4. The van der Waals surface area contributed by atoms with E-state index in [4.69, 9.17) is 36.0 Å². The van der Waals surface area contributed by atoms with Gasteiger partial charge in [0.1, 0.15) is 0 Å². The standard InChI is InChI=1S/C12H18O8/c1-6(13)18-9-5-17-12(16-4)11(20-8(3)15)10(9)19-7(2)14/h9-12H,5H2,1-4H3/t9-,10-,11+,12?/m1/s1/i1D3,2D3,3D3. The van der Waals surface area contributed by atoms with Crippen molar-refractivity contribution in [2.24, 2.45) is 0 Å². The van der Waals surface area contributed by atoms with Crippen LogP contribution in [0, 0.1) is 0 Å². The van der Waals surface area contributed by atoms with Gasteiger partial charge in [-0.3, -0.25) is 14.4 Å². The molecule has 0 bridgehead atoms. The normalized spacial score (nSPS) is 38.0. The Bertz CT molecular complexity index is 626. The molecule has 0 aromatic heterocycles. The number of carbonyl (C=O) groups excluding carboxylic acids is 3. The van der Waals surface area contributed by atoms with Crippen molar-refractivity contribution in [3.63, 3.8) is 0 Å². The van der Waals surface area contributed by atoms with Crippen molar-refractivity contribution in [2.45, 2.75) is 45.2 Å². The van der Waals surface area contributed by atoms with Crippen LogP contribution in [0.2, 0.25) is 0 Å². The van der Waals surface area contributed by atoms with Gasteiger partial charge in [0.2, 0.25) is 0 Å². The molecular weight excluding hydrogens is 272 g/mol. The minimum absolute atomic E-state index is 0.638. The molecule has 4 atom stereocenters. The molecule has 0 saturated carbocycles. The third-order valence-electron chi connectivity index (χ3n) is 2.36. The van der Waals surface area contributed by atoms with E-state index in [0.29, 0.717) is 0 Å². The topological polar surface area (TPSA) is 97.4 Å². The first-order valence-electron chi connectivity index (χ1n) is 9.76. The van der Waals surface area contributed by atoms with Gasteiger partial charge in [0.25, 0.3) is 0 Å². The predicted octanol–water partition coefficient (Wildman–Crippen LogP) is -0.216. The molecular formula is C12H18O8. The first kappa shape index (κ1) is 7.37. The van der Waals surface area contributed by atoms with Gasteiger partial charge in [0.05, 0.1) is 6.61 Å². The number of esters is 3. The molecule has 0 radical (unpaired) electrons. The first-order valence-corrected chi connectivity index (χ1v) is 5.26. The summed E-state index contributed by atoms with van der Waals surface area (Å²) in [6.07, 6.45) is -7.10. The van der Waals surface area contributed by atoms with E-state index in [9.17, 15) is 14.4 Å². The van der Waals surface area contributed by atoms with Crippen molar-refractivity contribution in [3.05, 3.63) is 0 Å². The highest BCUT2D eigenvalue weighted by molar-refractivity contribution is 5.68. The van der Waals surface area contributed by atoms with E-state index in [-0.39, 0.29) is 0 Å². The van der Waals surface area contributed by atoms with E-state index in [1.165, 1.54) is 0 Å². The zero-order valence-electron chi connectivity index (χ0n) is 19.3. The average Bonchev–Trinajstić information content (AvgIpc) is 2.54. The summed E-state index contributed by atoms with van der Waals surface area (Å²) in [5, 5.41) is 0. The molecule has 20 heavy (non-hydrogen) atoms. The largest absolute Gasteiger partial charge is 0.456 e. The fourth-order valence-corrected chi connectivity index (χ4v) is 1.70. The summed E-state index contributed by atoms with van der Waals surface area (Å²) in [5.74, 6) is -5.31. The van der Waals surface area contributed by atoms with Crippen LogP contribution >= 0.6 is 0 Å². The SMILES string of the molecule is [2H]C([2H])([2H])C(=O)O[C@H]1[C@H](OC(=O)C([2H])([2H])[2H])C(OC)OC[C@H]1OC(=O)C([2H])([2H])[2H]. The number of hydrogen-bond donors (Lipinski definition) is 0. The number of carbonyl (C=O) groups is 3. The molecule has 0 amide bonds. The van der Waals surface area contributed by atoms with Gasteiger partial charge in [0.15, 0.2) is 24.6 Å². The number of methoxy groups -OCH3 is 1. The van der Waals surface area contributed by atoms with E-state index in [0.717, 1.165) is 7.11 Å². The van der Waals surface area contributed by atoms with Crippen LogP contribution < -0.4 is 0 Å². The number of hydrogen-bond acceptors (Lipinski definition) is 8. The van der Waals surface area contributed by atoms with Gasteiger partial charge in [-0.2, -0.15) is 0 Å². The van der Waals surface area contributed by atoms with Gasteiger partial charge in [0, 0.05) is 40.0 Å². The monoisotopic (exact) mass is 299 g/mol. The highest BCUT2D eigenvalue weighted by Gasteiger charge is 2.47. The molecule has 1 aliphatic rings. The second-order valence-corrected chi connectivity index (χ2v) is 3.62. The fourth-order valence-electron chi connectivity index (χ4n) is 1.70. The molecule has 8 heteroatoms. The molecule has 1 rings (SSSR count). The summed E-state index contributed by atoms with van der Waals surface area (Å²) >= 11 is 0. The molecule has 0 aromatic carbocycles.